The lowest BCUT2D eigenvalue weighted by molar-refractivity contribution is 0.592. The van der Waals surface area contributed by atoms with E-state index in [2.05, 4.69) is 35.6 Å². The number of nitrogens with zero attached hydrogens (tertiary/aromatic N) is 2. The van der Waals surface area contributed by atoms with Crippen molar-refractivity contribution in [2.24, 2.45) is 0 Å². The second-order valence-electron chi connectivity index (χ2n) is 4.64. The molecule has 0 fully saturated rings. The molecule has 0 radical (unpaired) electrons. The molecule has 2 aromatic heterocycles. The average Bonchev–Trinajstić information content (AvgIpc) is 2.60. The monoisotopic (exact) mass is 199 g/mol. The van der Waals surface area contributed by atoms with Gasteiger partial charge in [-0.25, -0.2) is 0 Å². The van der Waals surface area contributed by atoms with Gasteiger partial charge in [-0.15, -0.1) is 4.98 Å². The van der Waals surface area contributed by atoms with Crippen LogP contribution >= 0.6 is 0 Å². The zero-order valence-electron chi connectivity index (χ0n) is 9.13. The molecule has 15 heavy (non-hydrogen) atoms. The molecule has 0 amide bonds. The Labute approximate surface area is 89.0 Å². The number of pyridine rings is 1. The molecule has 0 aliphatic rings. The highest BCUT2D eigenvalue weighted by atomic mass is 14.9. The largest absolute Gasteiger partial charge is 0.360 e. The number of nitrogens with one attached hydrogen (secondary N) is 1. The summed E-state index contributed by atoms with van der Waals surface area (Å²) < 4.78 is 0. The molecular formula is C12H13N3. The SMILES string of the molecule is [C-]#[N+]c1nc2[nH]ccc2cc1C(C)(C)C. The molecule has 1 N–H and O–H groups in total. The maximum atomic E-state index is 7.14. The number of aromatic amines is 1. The van der Waals surface area contributed by atoms with Gasteiger partial charge in [0.1, 0.15) is 0 Å². The molecule has 2 heterocycles. The number of aromatic nitrogens is 2. The quantitative estimate of drug-likeness (QED) is 0.648. The molecule has 0 saturated heterocycles. The fourth-order valence-electron chi connectivity index (χ4n) is 1.61. The molecule has 2 aromatic rings. The van der Waals surface area contributed by atoms with Crippen LogP contribution in [0.2, 0.25) is 0 Å². The summed E-state index contributed by atoms with van der Waals surface area (Å²) in [7, 11) is 0. The first kappa shape index (κ1) is 9.72. The minimum absolute atomic E-state index is 0.0433. The number of hydrogen-bond donors (Lipinski definition) is 1. The van der Waals surface area contributed by atoms with Gasteiger partial charge in [0.25, 0.3) is 5.82 Å². The van der Waals surface area contributed by atoms with Crippen molar-refractivity contribution in [3.8, 4) is 0 Å². The summed E-state index contributed by atoms with van der Waals surface area (Å²) in [6, 6.07) is 4.03. The Morgan fingerprint density at radius 2 is 2.13 bits per heavy atom. The highest BCUT2D eigenvalue weighted by Gasteiger charge is 2.20. The Bertz CT molecular complexity index is 538. The summed E-state index contributed by atoms with van der Waals surface area (Å²) in [5.41, 5.74) is 1.75. The molecule has 0 aliphatic heterocycles. The van der Waals surface area contributed by atoms with Crippen LogP contribution in [0, 0.1) is 6.57 Å². The van der Waals surface area contributed by atoms with E-state index in [0.29, 0.717) is 5.82 Å². The van der Waals surface area contributed by atoms with E-state index in [1.807, 2.05) is 18.3 Å². The van der Waals surface area contributed by atoms with E-state index in [9.17, 15) is 0 Å². The van der Waals surface area contributed by atoms with Crippen molar-refractivity contribution >= 4 is 16.9 Å². The van der Waals surface area contributed by atoms with Crippen LogP contribution in [0.5, 0.6) is 0 Å². The lowest BCUT2D eigenvalue weighted by atomic mass is 9.87. The molecular weight excluding hydrogens is 186 g/mol. The smallest absolute Gasteiger partial charge is 0.275 e. The van der Waals surface area contributed by atoms with E-state index >= 15 is 0 Å². The van der Waals surface area contributed by atoms with Crippen molar-refractivity contribution < 1.29 is 0 Å². The zero-order chi connectivity index (χ0) is 11.1. The van der Waals surface area contributed by atoms with Crippen LogP contribution in [0.3, 0.4) is 0 Å². The molecule has 76 valence electrons. The lowest BCUT2D eigenvalue weighted by Crippen LogP contribution is -2.11. The van der Waals surface area contributed by atoms with E-state index in [4.69, 9.17) is 6.57 Å². The van der Waals surface area contributed by atoms with Gasteiger partial charge < -0.3 is 9.83 Å². The highest BCUT2D eigenvalue weighted by molar-refractivity contribution is 5.79. The Balaban J connectivity index is 2.77. The van der Waals surface area contributed by atoms with Gasteiger partial charge in [0.15, 0.2) is 0 Å². The molecule has 3 heteroatoms. The van der Waals surface area contributed by atoms with Crippen LogP contribution in [0.4, 0.5) is 5.82 Å². The molecule has 2 rings (SSSR count). The van der Waals surface area contributed by atoms with Gasteiger partial charge in [-0.2, -0.15) is 0 Å². The van der Waals surface area contributed by atoms with Crippen molar-refractivity contribution in [2.45, 2.75) is 26.2 Å². The summed E-state index contributed by atoms with van der Waals surface area (Å²) in [5.74, 6) is 0.498. The van der Waals surface area contributed by atoms with Crippen molar-refractivity contribution in [1.29, 1.82) is 0 Å². The standard InChI is InChI=1S/C12H13N3/c1-12(2,3)9-7-8-5-6-14-10(8)15-11(9)13-4/h5-7H,1-3H3,(H,14,15). The van der Waals surface area contributed by atoms with Crippen LogP contribution in [0.15, 0.2) is 18.3 Å². The first-order valence-corrected chi connectivity index (χ1v) is 4.88. The number of H-pyrrole nitrogens is 1. The molecule has 0 aromatic carbocycles. The van der Waals surface area contributed by atoms with Crippen LogP contribution < -0.4 is 0 Å². The third kappa shape index (κ3) is 1.59. The van der Waals surface area contributed by atoms with E-state index in [1.54, 1.807) is 0 Å². The fraction of sp³-hybridized carbons (Fsp3) is 0.333. The topological polar surface area (TPSA) is 33.0 Å². The van der Waals surface area contributed by atoms with E-state index in [1.165, 1.54) is 0 Å². The maximum absolute atomic E-state index is 7.14. The Morgan fingerprint density at radius 1 is 1.40 bits per heavy atom. The van der Waals surface area contributed by atoms with Crippen molar-refractivity contribution in [1.82, 2.24) is 9.97 Å². The first-order chi connectivity index (χ1) is 7.02. The normalized spacial score (nSPS) is 11.6. The third-order valence-corrected chi connectivity index (χ3v) is 2.43. The Morgan fingerprint density at radius 3 is 2.73 bits per heavy atom. The number of fused-ring (bicyclic) bond motifs is 1. The maximum Gasteiger partial charge on any atom is 0.275 e. The van der Waals surface area contributed by atoms with Gasteiger partial charge in [-0.1, -0.05) is 33.4 Å². The van der Waals surface area contributed by atoms with Crippen LogP contribution in [0.25, 0.3) is 15.9 Å². The average molecular weight is 199 g/mol. The van der Waals surface area contributed by atoms with Crippen molar-refractivity contribution in [3.05, 3.63) is 35.3 Å². The summed E-state index contributed by atoms with van der Waals surface area (Å²) in [4.78, 5) is 10.8. The van der Waals surface area contributed by atoms with Gasteiger partial charge in [-0.05, 0) is 17.0 Å². The van der Waals surface area contributed by atoms with Crippen molar-refractivity contribution in [2.75, 3.05) is 0 Å². The van der Waals surface area contributed by atoms with E-state index in [0.717, 1.165) is 16.6 Å². The summed E-state index contributed by atoms with van der Waals surface area (Å²) >= 11 is 0. The fourth-order valence-corrected chi connectivity index (χ4v) is 1.61. The molecule has 3 nitrogen and oxygen atoms in total. The van der Waals surface area contributed by atoms with E-state index in [-0.39, 0.29) is 5.41 Å². The third-order valence-electron chi connectivity index (χ3n) is 2.43. The van der Waals surface area contributed by atoms with Gasteiger partial charge >= 0.3 is 0 Å². The minimum atomic E-state index is -0.0433. The second kappa shape index (κ2) is 3.09. The first-order valence-electron chi connectivity index (χ1n) is 4.88. The molecule has 0 atom stereocenters. The summed E-state index contributed by atoms with van der Waals surface area (Å²) in [6.45, 7) is 13.4. The predicted molar refractivity (Wildman–Crippen MR) is 61.1 cm³/mol. The van der Waals surface area contributed by atoms with E-state index < -0.39 is 0 Å². The van der Waals surface area contributed by atoms with Gasteiger partial charge in [0, 0.05) is 11.6 Å². The van der Waals surface area contributed by atoms with Gasteiger partial charge in [0.2, 0.25) is 5.65 Å². The lowest BCUT2D eigenvalue weighted by Gasteiger charge is -2.19. The zero-order valence-corrected chi connectivity index (χ0v) is 9.13. The van der Waals surface area contributed by atoms with Crippen molar-refractivity contribution in [3.63, 3.8) is 0 Å². The Kier molecular flexibility index (Phi) is 2.01. The van der Waals surface area contributed by atoms with Gasteiger partial charge in [-0.3, -0.25) is 0 Å². The summed E-state index contributed by atoms with van der Waals surface area (Å²) in [5, 5.41) is 1.06. The van der Waals surface area contributed by atoms with Crippen LogP contribution in [-0.4, -0.2) is 9.97 Å². The Hall–Kier alpha value is -1.82. The van der Waals surface area contributed by atoms with Gasteiger partial charge in [0.05, 0.1) is 0 Å². The minimum Gasteiger partial charge on any atom is -0.360 e. The highest BCUT2D eigenvalue weighted by Crippen LogP contribution is 2.32. The number of rotatable bonds is 0. The second-order valence-corrected chi connectivity index (χ2v) is 4.64. The molecule has 0 aliphatic carbocycles. The van der Waals surface area contributed by atoms with Crippen LogP contribution in [0.1, 0.15) is 26.3 Å². The molecule has 0 bridgehead atoms. The molecule has 0 spiro atoms. The molecule has 0 unspecified atom stereocenters. The summed E-state index contributed by atoms with van der Waals surface area (Å²) in [6.07, 6.45) is 1.85. The van der Waals surface area contributed by atoms with Crippen LogP contribution in [-0.2, 0) is 5.41 Å². The molecule has 0 saturated carbocycles. The predicted octanol–water partition coefficient (Wildman–Crippen LogP) is 3.41. The number of hydrogen-bond acceptors (Lipinski definition) is 1.